The smallest absolute Gasteiger partial charge is 0.171 e. The van der Waals surface area contributed by atoms with Gasteiger partial charge in [0.25, 0.3) is 0 Å². The molecule has 6 aromatic carbocycles. The second-order valence-corrected chi connectivity index (χ2v) is 21.3. The van der Waals surface area contributed by atoms with Crippen LogP contribution in [-0.2, 0) is 20.8 Å². The van der Waals surface area contributed by atoms with Crippen molar-refractivity contribution in [3.05, 3.63) is 156 Å². The number of benzene rings is 6. The molecule has 0 bridgehead atoms. The van der Waals surface area contributed by atoms with Crippen molar-refractivity contribution in [3.8, 4) is 33.4 Å². The van der Waals surface area contributed by atoms with Crippen molar-refractivity contribution >= 4 is 70.8 Å². The van der Waals surface area contributed by atoms with Gasteiger partial charge in [-0.15, -0.1) is 0 Å². The van der Waals surface area contributed by atoms with E-state index in [0.29, 0.717) is 0 Å². The van der Waals surface area contributed by atoms with Crippen LogP contribution in [0.4, 0.5) is 0 Å². The van der Waals surface area contributed by atoms with Gasteiger partial charge in [0.2, 0.25) is 0 Å². The van der Waals surface area contributed by atoms with Crippen molar-refractivity contribution in [3.63, 3.8) is 0 Å². The van der Waals surface area contributed by atoms with Crippen LogP contribution in [0, 0.1) is 0 Å². The van der Waals surface area contributed by atoms with Gasteiger partial charge in [-0.25, -0.2) is 0 Å². The van der Waals surface area contributed by atoms with E-state index in [1.807, 2.05) is 0 Å². The van der Waals surface area contributed by atoms with Crippen molar-refractivity contribution in [1.29, 1.82) is 0 Å². The summed E-state index contributed by atoms with van der Waals surface area (Å²) < 4.78 is 19.8. The number of hydrogen-bond acceptors (Lipinski definition) is 1. The first kappa shape index (κ1) is 32.9. The minimum atomic E-state index is -3.38. The molecule has 9 rings (SSSR count). The fourth-order valence-electron chi connectivity index (χ4n) is 9.13. The first-order valence-corrected chi connectivity index (χ1v) is 21.2. The lowest BCUT2D eigenvalue weighted by Gasteiger charge is -2.28. The summed E-state index contributed by atoms with van der Waals surface area (Å²) in [6, 6.07) is 39.6. The summed E-state index contributed by atoms with van der Waals surface area (Å²) in [7, 11) is -3.38. The van der Waals surface area contributed by atoms with E-state index in [0.717, 1.165) is 29.3 Å². The maximum atomic E-state index is 16.6. The minimum absolute atomic E-state index is 0.237. The summed E-state index contributed by atoms with van der Waals surface area (Å²) >= 11 is 11.1. The average Bonchev–Trinajstić information content (AvgIpc) is 3.55. The predicted octanol–water partition coefficient (Wildman–Crippen LogP) is 12.5. The van der Waals surface area contributed by atoms with Gasteiger partial charge in [0, 0.05) is 45.6 Å². The van der Waals surface area contributed by atoms with Crippen LogP contribution in [-0.4, -0.2) is 0 Å². The van der Waals surface area contributed by atoms with Crippen LogP contribution in [0.2, 0.25) is 0 Å². The van der Waals surface area contributed by atoms with Gasteiger partial charge in [-0.1, -0.05) is 144 Å². The molecule has 0 unspecified atom stereocenters. The summed E-state index contributed by atoms with van der Waals surface area (Å²) in [4.78, 5) is 0. The molecular formula is C45H36Br3OP. The highest BCUT2D eigenvalue weighted by molar-refractivity contribution is 9.11. The molecule has 50 heavy (non-hydrogen) atoms. The first-order chi connectivity index (χ1) is 23.6. The molecule has 0 N–H and O–H groups in total. The highest BCUT2D eigenvalue weighted by Crippen LogP contribution is 2.55. The third-order valence-corrected chi connectivity index (χ3v) is 16.5. The molecule has 3 aliphatic carbocycles. The summed E-state index contributed by atoms with van der Waals surface area (Å²) in [6.45, 7) is 13.7. The normalized spacial score (nSPS) is 16.7. The lowest BCUT2D eigenvalue weighted by molar-refractivity contribution is 0.592. The average molecular weight is 863 g/mol. The van der Waals surface area contributed by atoms with E-state index < -0.39 is 7.14 Å². The van der Waals surface area contributed by atoms with E-state index in [4.69, 9.17) is 0 Å². The Hall–Kier alpha value is -3.01. The molecule has 0 fully saturated rings. The van der Waals surface area contributed by atoms with Gasteiger partial charge in [0.1, 0.15) is 0 Å². The van der Waals surface area contributed by atoms with Gasteiger partial charge in [0.15, 0.2) is 7.14 Å². The quantitative estimate of drug-likeness (QED) is 0.162. The minimum Gasteiger partial charge on any atom is -0.309 e. The van der Waals surface area contributed by atoms with Crippen molar-refractivity contribution in [1.82, 2.24) is 0 Å². The standard InChI is InChI=1S/C45H36Br3OP/c1-43(2)37-19-25(46)7-13-31(37)34-16-10-28(22-40(34)43)50(49,29-11-17-35-32-14-8-26(47)20-38(32)44(3,4)41(35)23-29)30-12-18-36-33-15-9-27(48)21-39(33)45(5,6)42(36)24-30/h7-24H,1-6H3. The summed E-state index contributed by atoms with van der Waals surface area (Å²) in [5.41, 5.74) is 14.3. The molecule has 0 radical (unpaired) electrons. The Morgan fingerprint density at radius 1 is 0.360 bits per heavy atom. The summed E-state index contributed by atoms with van der Waals surface area (Å²) in [5.74, 6) is 0. The van der Waals surface area contributed by atoms with E-state index in [1.165, 1.54) is 66.8 Å². The molecule has 0 saturated carbocycles. The number of fused-ring (bicyclic) bond motifs is 9. The number of hydrogen-bond donors (Lipinski definition) is 0. The Labute approximate surface area is 320 Å². The maximum absolute atomic E-state index is 16.6. The highest BCUT2D eigenvalue weighted by atomic mass is 79.9. The second-order valence-electron chi connectivity index (χ2n) is 15.7. The van der Waals surface area contributed by atoms with Crippen LogP contribution in [0.25, 0.3) is 33.4 Å². The van der Waals surface area contributed by atoms with Crippen LogP contribution >= 0.6 is 54.9 Å². The Kier molecular flexibility index (Phi) is 7.08. The zero-order chi connectivity index (χ0) is 35.1. The fourth-order valence-corrected chi connectivity index (χ4v) is 12.9. The maximum Gasteiger partial charge on any atom is 0.171 e. The Morgan fingerprint density at radius 2 is 0.580 bits per heavy atom. The van der Waals surface area contributed by atoms with E-state index in [2.05, 4.69) is 199 Å². The van der Waals surface area contributed by atoms with Crippen LogP contribution in [0.15, 0.2) is 123 Å². The molecular weight excluding hydrogens is 827 g/mol. The Bertz CT molecular complexity index is 2260. The second kappa shape index (κ2) is 10.8. The monoisotopic (exact) mass is 860 g/mol. The first-order valence-electron chi connectivity index (χ1n) is 17.1. The van der Waals surface area contributed by atoms with Crippen molar-refractivity contribution in [2.75, 3.05) is 0 Å². The van der Waals surface area contributed by atoms with E-state index >= 15 is 4.57 Å². The molecule has 0 aromatic heterocycles. The fraction of sp³-hybridized carbons (Fsp3) is 0.200. The number of halogens is 3. The van der Waals surface area contributed by atoms with E-state index in [9.17, 15) is 0 Å². The molecule has 0 saturated heterocycles. The molecule has 0 spiro atoms. The SMILES string of the molecule is CC1(C)c2cc(Br)ccc2-c2ccc(P(=O)(c3ccc4c(c3)C(C)(C)c3cc(Br)ccc3-4)c3ccc4c(c3)C(C)(C)c3cc(Br)ccc3-4)cc21. The van der Waals surface area contributed by atoms with Gasteiger partial charge in [-0.05, 0) is 121 Å². The van der Waals surface area contributed by atoms with E-state index in [1.54, 1.807) is 0 Å². The van der Waals surface area contributed by atoms with Crippen LogP contribution in [0.1, 0.15) is 74.9 Å². The molecule has 248 valence electrons. The zero-order valence-electron chi connectivity index (χ0n) is 28.9. The molecule has 0 aliphatic heterocycles. The van der Waals surface area contributed by atoms with Gasteiger partial charge in [-0.3, -0.25) is 0 Å². The molecule has 0 atom stereocenters. The molecule has 0 amide bonds. The van der Waals surface area contributed by atoms with Crippen LogP contribution in [0.5, 0.6) is 0 Å². The van der Waals surface area contributed by atoms with Crippen LogP contribution < -0.4 is 15.9 Å². The molecule has 5 heteroatoms. The lowest BCUT2D eigenvalue weighted by atomic mass is 9.82. The third kappa shape index (κ3) is 4.38. The van der Waals surface area contributed by atoms with Gasteiger partial charge in [-0.2, -0.15) is 0 Å². The molecule has 0 heterocycles. The van der Waals surface area contributed by atoms with E-state index in [-0.39, 0.29) is 16.2 Å². The van der Waals surface area contributed by atoms with Gasteiger partial charge >= 0.3 is 0 Å². The summed E-state index contributed by atoms with van der Waals surface area (Å²) in [6.07, 6.45) is 0. The topological polar surface area (TPSA) is 17.1 Å². The molecule has 1 nitrogen and oxygen atoms in total. The molecule has 6 aromatic rings. The third-order valence-electron chi connectivity index (χ3n) is 12.0. The van der Waals surface area contributed by atoms with Gasteiger partial charge in [0.05, 0.1) is 0 Å². The van der Waals surface area contributed by atoms with Crippen LogP contribution in [0.3, 0.4) is 0 Å². The largest absolute Gasteiger partial charge is 0.309 e. The van der Waals surface area contributed by atoms with Gasteiger partial charge < -0.3 is 4.57 Å². The highest BCUT2D eigenvalue weighted by Gasteiger charge is 2.43. The van der Waals surface area contributed by atoms with Crippen molar-refractivity contribution < 1.29 is 4.57 Å². The molecule has 3 aliphatic rings. The lowest BCUT2D eigenvalue weighted by Crippen LogP contribution is -2.29. The van der Waals surface area contributed by atoms with Crippen molar-refractivity contribution in [2.45, 2.75) is 57.8 Å². The zero-order valence-corrected chi connectivity index (χ0v) is 34.5. The van der Waals surface area contributed by atoms with Crippen molar-refractivity contribution in [2.24, 2.45) is 0 Å². The number of rotatable bonds is 3. The summed E-state index contributed by atoms with van der Waals surface area (Å²) in [5, 5.41) is 2.63. The Morgan fingerprint density at radius 3 is 0.840 bits per heavy atom. The Balaban J connectivity index is 1.29. The predicted molar refractivity (Wildman–Crippen MR) is 222 cm³/mol.